The minimum Gasteiger partial charge on any atom is -0.461 e. The first-order valence-corrected chi connectivity index (χ1v) is 6.28. The fourth-order valence-electron chi connectivity index (χ4n) is 2.05. The Hall–Kier alpha value is -0.650. The van der Waals surface area contributed by atoms with Gasteiger partial charge in [0.15, 0.2) is 0 Å². The Bertz CT molecular complexity index is 247. The van der Waals surface area contributed by atoms with E-state index in [1.54, 1.807) is 6.92 Å². The zero-order valence-corrected chi connectivity index (χ0v) is 10.6. The number of cyclic esters (lactones) is 1. The van der Waals surface area contributed by atoms with Gasteiger partial charge in [0.1, 0.15) is 12.1 Å². The number of aliphatic hydroxyl groups is 1. The molecule has 3 N–H and O–H groups in total. The smallest absolute Gasteiger partial charge is 0.325 e. The summed E-state index contributed by atoms with van der Waals surface area (Å²) in [4.78, 5) is 11.5. The lowest BCUT2D eigenvalue weighted by Gasteiger charge is -2.27. The fraction of sp³-hybridized carbons (Fsp3) is 0.917. The molecule has 1 rings (SSSR count). The summed E-state index contributed by atoms with van der Waals surface area (Å²) < 4.78 is 10.5. The quantitative estimate of drug-likeness (QED) is 0.705. The zero-order valence-electron chi connectivity index (χ0n) is 10.6. The van der Waals surface area contributed by atoms with E-state index in [9.17, 15) is 9.90 Å². The first kappa shape index (κ1) is 14.4. The van der Waals surface area contributed by atoms with Crippen LogP contribution in [0.5, 0.6) is 0 Å². The second-order valence-corrected chi connectivity index (χ2v) is 4.66. The number of esters is 1. The molecule has 0 aromatic heterocycles. The Morgan fingerprint density at radius 3 is 2.82 bits per heavy atom. The van der Waals surface area contributed by atoms with Gasteiger partial charge in [-0.1, -0.05) is 19.8 Å². The molecule has 0 radical (unpaired) electrons. The van der Waals surface area contributed by atoms with Crippen LogP contribution in [0.3, 0.4) is 0 Å². The van der Waals surface area contributed by atoms with Crippen molar-refractivity contribution in [2.24, 2.45) is 11.7 Å². The monoisotopic (exact) mass is 245 g/mol. The Balaban J connectivity index is 2.67. The Labute approximate surface area is 102 Å². The fourth-order valence-corrected chi connectivity index (χ4v) is 2.05. The molecular formula is C12H23NO4. The minimum absolute atomic E-state index is 0.0794. The first-order valence-electron chi connectivity index (χ1n) is 6.28. The van der Waals surface area contributed by atoms with Gasteiger partial charge >= 0.3 is 5.97 Å². The average molecular weight is 245 g/mol. The van der Waals surface area contributed by atoms with E-state index in [-0.39, 0.29) is 25.2 Å². The van der Waals surface area contributed by atoms with Crippen LogP contribution < -0.4 is 5.73 Å². The Morgan fingerprint density at radius 1 is 1.47 bits per heavy atom. The summed E-state index contributed by atoms with van der Waals surface area (Å²) in [6.07, 6.45) is 1.94. The van der Waals surface area contributed by atoms with Gasteiger partial charge in [-0.2, -0.15) is 0 Å². The number of hydrogen-bond acceptors (Lipinski definition) is 5. The van der Waals surface area contributed by atoms with Gasteiger partial charge in [-0.3, -0.25) is 4.79 Å². The molecule has 1 saturated heterocycles. The second-order valence-electron chi connectivity index (χ2n) is 4.66. The van der Waals surface area contributed by atoms with E-state index in [0.717, 1.165) is 19.3 Å². The Kier molecular flexibility index (Phi) is 5.88. The van der Waals surface area contributed by atoms with Crippen molar-refractivity contribution in [1.82, 2.24) is 0 Å². The third-order valence-corrected chi connectivity index (χ3v) is 3.18. The van der Waals surface area contributed by atoms with Gasteiger partial charge in [0.2, 0.25) is 0 Å². The molecule has 1 aliphatic heterocycles. The zero-order chi connectivity index (χ0) is 12.8. The lowest BCUT2D eigenvalue weighted by atomic mass is 9.91. The molecule has 4 atom stereocenters. The molecule has 1 fully saturated rings. The molecule has 0 bridgehead atoms. The topological polar surface area (TPSA) is 81.8 Å². The summed E-state index contributed by atoms with van der Waals surface area (Å²) in [5, 5.41) is 10.0. The van der Waals surface area contributed by atoms with Crippen molar-refractivity contribution in [3.8, 4) is 0 Å². The van der Waals surface area contributed by atoms with Gasteiger partial charge in [0, 0.05) is 5.92 Å². The van der Waals surface area contributed by atoms with Crippen LogP contribution in [0.2, 0.25) is 0 Å². The predicted molar refractivity (Wildman–Crippen MR) is 63.4 cm³/mol. The third kappa shape index (κ3) is 4.26. The molecule has 0 aliphatic carbocycles. The molecule has 0 saturated carbocycles. The van der Waals surface area contributed by atoms with Gasteiger partial charge < -0.3 is 20.3 Å². The summed E-state index contributed by atoms with van der Waals surface area (Å²) in [6.45, 7) is 4.20. The number of carbonyl (C=O) groups excluding carboxylic acids is 1. The van der Waals surface area contributed by atoms with Crippen molar-refractivity contribution in [2.45, 2.75) is 51.4 Å². The molecule has 5 heteroatoms. The summed E-state index contributed by atoms with van der Waals surface area (Å²) in [6, 6.07) is -0.755. The van der Waals surface area contributed by atoms with Crippen molar-refractivity contribution in [1.29, 1.82) is 0 Å². The van der Waals surface area contributed by atoms with Gasteiger partial charge in [0.25, 0.3) is 0 Å². The molecule has 0 spiro atoms. The van der Waals surface area contributed by atoms with Gasteiger partial charge in [-0.15, -0.1) is 0 Å². The number of unbranched alkanes of at least 4 members (excludes halogenated alkanes) is 1. The highest BCUT2D eigenvalue weighted by atomic mass is 16.6. The lowest BCUT2D eigenvalue weighted by Crippen LogP contribution is -2.39. The molecule has 17 heavy (non-hydrogen) atoms. The maximum Gasteiger partial charge on any atom is 0.325 e. The summed E-state index contributed by atoms with van der Waals surface area (Å²) in [5.41, 5.74) is 5.59. The Morgan fingerprint density at radius 2 is 2.18 bits per heavy atom. The highest BCUT2D eigenvalue weighted by molar-refractivity contribution is 5.75. The van der Waals surface area contributed by atoms with E-state index >= 15 is 0 Å². The van der Waals surface area contributed by atoms with E-state index in [4.69, 9.17) is 15.2 Å². The highest BCUT2D eigenvalue weighted by Crippen LogP contribution is 2.21. The maximum atomic E-state index is 11.5. The maximum absolute atomic E-state index is 11.5. The molecule has 4 unspecified atom stereocenters. The van der Waals surface area contributed by atoms with Gasteiger partial charge in [0.05, 0.1) is 19.3 Å². The molecule has 1 heterocycles. The van der Waals surface area contributed by atoms with E-state index in [1.165, 1.54) is 0 Å². The minimum atomic E-state index is -0.755. The number of nitrogens with two attached hydrogens (primary N) is 1. The van der Waals surface area contributed by atoms with E-state index in [2.05, 4.69) is 6.92 Å². The molecule has 0 aromatic rings. The number of ether oxygens (including phenoxy) is 2. The van der Waals surface area contributed by atoms with Crippen molar-refractivity contribution < 1.29 is 19.4 Å². The largest absolute Gasteiger partial charge is 0.461 e. The summed E-state index contributed by atoms with van der Waals surface area (Å²) in [5.74, 6) is -0.530. The van der Waals surface area contributed by atoms with Crippen LogP contribution in [0.25, 0.3) is 0 Å². The summed E-state index contributed by atoms with van der Waals surface area (Å²) >= 11 is 0. The number of rotatable bonds is 3. The molecule has 0 aromatic carbocycles. The van der Waals surface area contributed by atoms with Crippen molar-refractivity contribution in [2.75, 3.05) is 13.2 Å². The highest BCUT2D eigenvalue weighted by Gasteiger charge is 2.31. The van der Waals surface area contributed by atoms with E-state index in [1.807, 2.05) is 0 Å². The van der Waals surface area contributed by atoms with Crippen LogP contribution in [0.4, 0.5) is 0 Å². The van der Waals surface area contributed by atoms with Crippen LogP contribution in [0, 0.1) is 5.92 Å². The van der Waals surface area contributed by atoms with Gasteiger partial charge in [-0.05, 0) is 13.3 Å². The van der Waals surface area contributed by atoms with Crippen LogP contribution in [0.1, 0.15) is 33.1 Å². The van der Waals surface area contributed by atoms with Crippen LogP contribution in [0.15, 0.2) is 0 Å². The molecular weight excluding hydrogens is 222 g/mol. The second kappa shape index (κ2) is 6.93. The standard InChI is InChI=1S/C12H23NO4/c1-3-4-5-9-8(2)17-12(15)10(13)6-16-7-11(9)14/h8-11,14H,3-7,13H2,1-2H3. The number of hydrogen-bond donors (Lipinski definition) is 2. The van der Waals surface area contributed by atoms with Crippen LogP contribution >= 0.6 is 0 Å². The number of carbonyl (C=O) groups is 1. The average Bonchev–Trinajstić information content (AvgIpc) is 2.31. The van der Waals surface area contributed by atoms with E-state index in [0.29, 0.717) is 0 Å². The van der Waals surface area contributed by atoms with E-state index < -0.39 is 18.1 Å². The number of aliphatic hydroxyl groups excluding tert-OH is 1. The predicted octanol–water partition coefficient (Wildman–Crippen LogP) is 0.443. The van der Waals surface area contributed by atoms with Crippen LogP contribution in [-0.2, 0) is 14.3 Å². The van der Waals surface area contributed by atoms with Crippen molar-refractivity contribution >= 4 is 5.97 Å². The van der Waals surface area contributed by atoms with Crippen molar-refractivity contribution in [3.05, 3.63) is 0 Å². The molecule has 5 nitrogen and oxygen atoms in total. The lowest BCUT2D eigenvalue weighted by molar-refractivity contribution is -0.153. The first-order chi connectivity index (χ1) is 8.06. The molecule has 1 aliphatic rings. The molecule has 100 valence electrons. The molecule has 0 amide bonds. The normalized spacial score (nSPS) is 35.6. The van der Waals surface area contributed by atoms with Gasteiger partial charge in [-0.25, -0.2) is 0 Å². The van der Waals surface area contributed by atoms with Crippen LogP contribution in [-0.4, -0.2) is 42.5 Å². The third-order valence-electron chi connectivity index (χ3n) is 3.18. The summed E-state index contributed by atoms with van der Waals surface area (Å²) in [7, 11) is 0. The SMILES string of the molecule is CCCCC1C(O)COCC(N)C(=O)OC1C. The van der Waals surface area contributed by atoms with Crippen molar-refractivity contribution in [3.63, 3.8) is 0 Å².